The number of nitrogen functional groups attached to an aromatic ring is 1. The van der Waals surface area contributed by atoms with Gasteiger partial charge in [0.2, 0.25) is 0 Å². The summed E-state index contributed by atoms with van der Waals surface area (Å²) >= 11 is 0. The third-order valence-electron chi connectivity index (χ3n) is 4.83. The molecule has 0 amide bonds. The van der Waals surface area contributed by atoms with Gasteiger partial charge in [0.1, 0.15) is 24.3 Å². The van der Waals surface area contributed by atoms with Crippen LogP contribution < -0.4 is 5.73 Å². The molecule has 2 aromatic carbocycles. The Hall–Kier alpha value is -3.41. The Morgan fingerprint density at radius 3 is 2.71 bits per heavy atom. The highest BCUT2D eigenvalue weighted by atomic mass is 16.5. The molecule has 6 heteroatoms. The molecule has 0 saturated heterocycles. The van der Waals surface area contributed by atoms with E-state index in [1.54, 1.807) is 0 Å². The number of unbranched alkanes of at least 4 members (excludes halogenated alkanes) is 1. The number of benzene rings is 2. The van der Waals surface area contributed by atoms with Gasteiger partial charge >= 0.3 is 5.97 Å². The highest BCUT2D eigenvalue weighted by Crippen LogP contribution is 2.33. The van der Waals surface area contributed by atoms with Crippen LogP contribution >= 0.6 is 0 Å². The molecule has 0 aliphatic rings. The van der Waals surface area contributed by atoms with Crippen molar-refractivity contribution in [1.82, 2.24) is 14.5 Å². The van der Waals surface area contributed by atoms with E-state index in [1.165, 1.54) is 6.33 Å². The minimum atomic E-state index is -0.283. The largest absolute Gasteiger partial charge is 0.464 e. The van der Waals surface area contributed by atoms with E-state index in [9.17, 15) is 4.79 Å². The third kappa shape index (κ3) is 3.29. The summed E-state index contributed by atoms with van der Waals surface area (Å²) < 4.78 is 7.23. The van der Waals surface area contributed by atoms with Gasteiger partial charge in [-0.1, -0.05) is 55.8 Å². The molecule has 4 aromatic rings. The number of anilines is 1. The third-order valence-corrected chi connectivity index (χ3v) is 4.83. The number of fused-ring (bicyclic) bond motifs is 3. The summed E-state index contributed by atoms with van der Waals surface area (Å²) in [6, 6.07) is 16.2. The summed E-state index contributed by atoms with van der Waals surface area (Å²) in [4.78, 5) is 20.9. The van der Waals surface area contributed by atoms with Crippen molar-refractivity contribution >= 4 is 33.7 Å². The summed E-state index contributed by atoms with van der Waals surface area (Å²) in [5.41, 5.74) is 9.82. The van der Waals surface area contributed by atoms with Gasteiger partial charge in [0, 0.05) is 5.39 Å². The number of ether oxygens (including phenoxy) is 1. The molecule has 0 aliphatic heterocycles. The zero-order valence-electron chi connectivity index (χ0n) is 15.8. The number of carbonyl (C=O) groups excluding carboxylic acids is 1. The number of aromatic nitrogens is 3. The number of carbonyl (C=O) groups is 1. The fourth-order valence-corrected chi connectivity index (χ4v) is 3.41. The SMILES string of the molecule is CCCCOC(=O)Cn1c2cc(-c3ccccc3)ccc2c2c(N)ncnc21. The van der Waals surface area contributed by atoms with Gasteiger partial charge in [-0.3, -0.25) is 4.79 Å². The summed E-state index contributed by atoms with van der Waals surface area (Å²) in [5.74, 6) is 0.120. The Morgan fingerprint density at radius 1 is 1.11 bits per heavy atom. The molecule has 0 unspecified atom stereocenters. The summed E-state index contributed by atoms with van der Waals surface area (Å²) in [7, 11) is 0. The van der Waals surface area contributed by atoms with E-state index < -0.39 is 0 Å². The van der Waals surface area contributed by atoms with Crippen LogP contribution in [-0.4, -0.2) is 27.1 Å². The van der Waals surface area contributed by atoms with Gasteiger partial charge in [-0.2, -0.15) is 0 Å². The smallest absolute Gasteiger partial charge is 0.326 e. The van der Waals surface area contributed by atoms with Gasteiger partial charge < -0.3 is 15.0 Å². The van der Waals surface area contributed by atoms with Crippen molar-refractivity contribution in [3.63, 3.8) is 0 Å². The fourth-order valence-electron chi connectivity index (χ4n) is 3.41. The number of hydrogen-bond donors (Lipinski definition) is 1. The molecule has 0 fully saturated rings. The second kappa shape index (κ2) is 7.68. The lowest BCUT2D eigenvalue weighted by Crippen LogP contribution is -2.14. The molecule has 0 bridgehead atoms. The van der Waals surface area contributed by atoms with E-state index in [0.29, 0.717) is 18.1 Å². The Bertz CT molecular complexity index is 1140. The molecule has 0 spiro atoms. The van der Waals surface area contributed by atoms with E-state index in [-0.39, 0.29) is 12.5 Å². The van der Waals surface area contributed by atoms with Crippen molar-refractivity contribution in [3.8, 4) is 11.1 Å². The van der Waals surface area contributed by atoms with Crippen LogP contribution in [0.15, 0.2) is 54.9 Å². The minimum absolute atomic E-state index is 0.0818. The van der Waals surface area contributed by atoms with Crippen molar-refractivity contribution in [1.29, 1.82) is 0 Å². The molecule has 0 radical (unpaired) electrons. The molecule has 142 valence electrons. The molecule has 0 atom stereocenters. The number of nitrogens with zero attached hydrogens (tertiary/aromatic N) is 3. The summed E-state index contributed by atoms with van der Waals surface area (Å²) in [6.07, 6.45) is 3.26. The van der Waals surface area contributed by atoms with Gasteiger partial charge in [0.05, 0.1) is 17.5 Å². The molecule has 2 N–H and O–H groups in total. The first-order chi connectivity index (χ1) is 13.7. The van der Waals surface area contributed by atoms with E-state index in [0.717, 1.165) is 40.3 Å². The lowest BCUT2D eigenvalue weighted by Gasteiger charge is -2.08. The van der Waals surface area contributed by atoms with Crippen LogP contribution in [0.4, 0.5) is 5.82 Å². The highest BCUT2D eigenvalue weighted by molar-refractivity contribution is 6.12. The first-order valence-electron chi connectivity index (χ1n) is 9.42. The van der Waals surface area contributed by atoms with Crippen molar-refractivity contribution < 1.29 is 9.53 Å². The van der Waals surface area contributed by atoms with E-state index in [2.05, 4.69) is 35.1 Å². The molecule has 6 nitrogen and oxygen atoms in total. The van der Waals surface area contributed by atoms with Gasteiger partial charge in [0.15, 0.2) is 0 Å². The number of rotatable bonds is 6. The van der Waals surface area contributed by atoms with Crippen LogP contribution in [0.3, 0.4) is 0 Å². The molecular weight excluding hydrogens is 352 g/mol. The normalized spacial score (nSPS) is 11.2. The van der Waals surface area contributed by atoms with E-state index in [4.69, 9.17) is 10.5 Å². The molecule has 2 heterocycles. The van der Waals surface area contributed by atoms with Crippen LogP contribution in [-0.2, 0) is 16.1 Å². The van der Waals surface area contributed by atoms with Crippen LogP contribution in [0.1, 0.15) is 19.8 Å². The van der Waals surface area contributed by atoms with Crippen LogP contribution in [0.5, 0.6) is 0 Å². The maximum Gasteiger partial charge on any atom is 0.326 e. The van der Waals surface area contributed by atoms with Gasteiger partial charge in [0.25, 0.3) is 0 Å². The minimum Gasteiger partial charge on any atom is -0.464 e. The fraction of sp³-hybridized carbons (Fsp3) is 0.227. The number of esters is 1. The number of hydrogen-bond acceptors (Lipinski definition) is 5. The standard InChI is InChI=1S/C22H22N4O2/c1-2-3-11-28-19(27)13-26-18-12-16(15-7-5-4-6-8-15)9-10-17(18)20-21(23)24-14-25-22(20)26/h4-10,12,14H,2-3,11,13H2,1H3,(H2,23,24,25). The lowest BCUT2D eigenvalue weighted by molar-refractivity contribution is -0.144. The van der Waals surface area contributed by atoms with Crippen molar-refractivity contribution in [2.45, 2.75) is 26.3 Å². The van der Waals surface area contributed by atoms with Crippen LogP contribution in [0.2, 0.25) is 0 Å². The predicted octanol–water partition coefficient (Wildman–Crippen LogP) is 4.18. The van der Waals surface area contributed by atoms with Gasteiger partial charge in [-0.15, -0.1) is 0 Å². The number of nitrogens with two attached hydrogens (primary N) is 1. The first-order valence-corrected chi connectivity index (χ1v) is 9.42. The average molecular weight is 374 g/mol. The molecule has 0 saturated carbocycles. The highest BCUT2D eigenvalue weighted by Gasteiger charge is 2.18. The van der Waals surface area contributed by atoms with Crippen LogP contribution in [0, 0.1) is 0 Å². The molecule has 0 aliphatic carbocycles. The van der Waals surface area contributed by atoms with E-state index >= 15 is 0 Å². The quantitative estimate of drug-likeness (QED) is 0.404. The average Bonchev–Trinajstić information content (AvgIpc) is 3.03. The second-order valence-corrected chi connectivity index (χ2v) is 6.72. The molecule has 2 aromatic heterocycles. The van der Waals surface area contributed by atoms with Gasteiger partial charge in [-0.05, 0) is 23.6 Å². The Morgan fingerprint density at radius 2 is 1.93 bits per heavy atom. The van der Waals surface area contributed by atoms with E-state index in [1.807, 2.05) is 34.9 Å². The van der Waals surface area contributed by atoms with Crippen LogP contribution in [0.25, 0.3) is 33.1 Å². The van der Waals surface area contributed by atoms with Crippen molar-refractivity contribution in [2.24, 2.45) is 0 Å². The second-order valence-electron chi connectivity index (χ2n) is 6.72. The topological polar surface area (TPSA) is 83.0 Å². The Balaban J connectivity index is 1.84. The molecule has 28 heavy (non-hydrogen) atoms. The maximum absolute atomic E-state index is 12.4. The predicted molar refractivity (Wildman–Crippen MR) is 111 cm³/mol. The Kier molecular flexibility index (Phi) is 4.93. The monoisotopic (exact) mass is 374 g/mol. The molecule has 4 rings (SSSR count). The zero-order chi connectivity index (χ0) is 19.5. The Labute approximate surface area is 163 Å². The van der Waals surface area contributed by atoms with Gasteiger partial charge in [-0.25, -0.2) is 9.97 Å². The lowest BCUT2D eigenvalue weighted by atomic mass is 10.0. The van der Waals surface area contributed by atoms with Crippen molar-refractivity contribution in [3.05, 3.63) is 54.9 Å². The summed E-state index contributed by atoms with van der Waals surface area (Å²) in [6.45, 7) is 2.57. The molecular formula is C22H22N4O2. The first kappa shape index (κ1) is 18.0. The zero-order valence-corrected chi connectivity index (χ0v) is 15.8. The maximum atomic E-state index is 12.4. The summed E-state index contributed by atoms with van der Waals surface area (Å²) in [5, 5.41) is 1.69. The van der Waals surface area contributed by atoms with Crippen molar-refractivity contribution in [2.75, 3.05) is 12.3 Å².